The molecule has 1 fully saturated rings. The molecule has 0 bridgehead atoms. The fourth-order valence-corrected chi connectivity index (χ4v) is 5.12. The van der Waals surface area contributed by atoms with Crippen molar-refractivity contribution in [2.75, 3.05) is 13.1 Å². The number of rotatable bonds is 5. The number of aliphatic hydroxyl groups excluding tert-OH is 1. The van der Waals surface area contributed by atoms with Gasteiger partial charge in [0, 0.05) is 23.7 Å². The van der Waals surface area contributed by atoms with E-state index in [1.165, 1.54) is 16.4 Å². The van der Waals surface area contributed by atoms with Crippen molar-refractivity contribution in [2.45, 2.75) is 37.7 Å². The monoisotopic (exact) mass is 351 g/mol. The third-order valence-corrected chi connectivity index (χ3v) is 6.68. The third kappa shape index (κ3) is 3.37. The van der Waals surface area contributed by atoms with Crippen LogP contribution >= 0.6 is 23.2 Å². The van der Waals surface area contributed by atoms with Crippen LogP contribution in [0, 0.1) is 5.92 Å². The van der Waals surface area contributed by atoms with Crippen LogP contribution in [-0.4, -0.2) is 30.9 Å². The van der Waals surface area contributed by atoms with Gasteiger partial charge in [0.25, 0.3) is 0 Å². The molecule has 1 N–H and O–H groups in total. The van der Waals surface area contributed by atoms with E-state index in [1.54, 1.807) is 0 Å². The van der Waals surface area contributed by atoms with E-state index in [9.17, 15) is 13.5 Å². The van der Waals surface area contributed by atoms with Crippen LogP contribution in [0.15, 0.2) is 17.0 Å². The van der Waals surface area contributed by atoms with Crippen molar-refractivity contribution in [3.05, 3.63) is 27.7 Å². The number of nitrogens with zero attached hydrogens (tertiary/aromatic N) is 1. The highest BCUT2D eigenvalue weighted by Gasteiger charge is 2.34. The van der Waals surface area contributed by atoms with Crippen LogP contribution in [0.5, 0.6) is 0 Å². The van der Waals surface area contributed by atoms with Crippen LogP contribution in [-0.2, 0) is 16.6 Å². The average molecular weight is 352 g/mol. The van der Waals surface area contributed by atoms with Gasteiger partial charge in [0.05, 0.1) is 11.6 Å². The van der Waals surface area contributed by atoms with Crippen molar-refractivity contribution in [3.63, 3.8) is 0 Å². The van der Waals surface area contributed by atoms with Crippen molar-refractivity contribution in [2.24, 2.45) is 5.92 Å². The Morgan fingerprint density at radius 1 is 1.38 bits per heavy atom. The molecule has 0 saturated carbocycles. The van der Waals surface area contributed by atoms with Gasteiger partial charge in [-0.15, -0.1) is 0 Å². The summed E-state index contributed by atoms with van der Waals surface area (Å²) in [7, 11) is -3.64. The summed E-state index contributed by atoms with van der Waals surface area (Å²) < 4.78 is 26.9. The number of hydrogen-bond acceptors (Lipinski definition) is 3. The molecule has 118 valence electrons. The first kappa shape index (κ1) is 17.0. The summed E-state index contributed by atoms with van der Waals surface area (Å²) in [5, 5.41) is 9.58. The van der Waals surface area contributed by atoms with Crippen molar-refractivity contribution in [1.29, 1.82) is 0 Å². The zero-order valence-corrected chi connectivity index (χ0v) is 14.2. The fourth-order valence-electron chi connectivity index (χ4n) is 2.72. The lowest BCUT2D eigenvalue weighted by Gasteiger charge is -2.18. The lowest BCUT2D eigenvalue weighted by Crippen LogP contribution is -2.29. The Bertz CT molecular complexity index is 619. The van der Waals surface area contributed by atoms with Crippen LogP contribution in [0.2, 0.25) is 10.0 Å². The van der Waals surface area contributed by atoms with Crippen molar-refractivity contribution in [1.82, 2.24) is 4.31 Å². The first-order chi connectivity index (χ1) is 9.91. The molecule has 1 aliphatic rings. The van der Waals surface area contributed by atoms with Crippen LogP contribution in [0.4, 0.5) is 0 Å². The molecular formula is C14H19Cl2NO3S. The molecule has 1 aromatic carbocycles. The number of benzene rings is 1. The van der Waals surface area contributed by atoms with E-state index in [0.29, 0.717) is 19.0 Å². The first-order valence-corrected chi connectivity index (χ1v) is 9.19. The quantitative estimate of drug-likeness (QED) is 0.885. The molecule has 4 nitrogen and oxygen atoms in total. The van der Waals surface area contributed by atoms with Gasteiger partial charge < -0.3 is 5.11 Å². The highest BCUT2D eigenvalue weighted by atomic mass is 35.5. The molecule has 0 aromatic heterocycles. The topological polar surface area (TPSA) is 57.6 Å². The maximum Gasteiger partial charge on any atom is 0.244 e. The van der Waals surface area contributed by atoms with Gasteiger partial charge in [0.2, 0.25) is 10.0 Å². The Kier molecular flexibility index (Phi) is 5.54. The van der Waals surface area contributed by atoms with Gasteiger partial charge in [0.1, 0.15) is 4.90 Å². The molecule has 1 atom stereocenters. The zero-order chi connectivity index (χ0) is 15.6. The Balaban J connectivity index is 2.33. The summed E-state index contributed by atoms with van der Waals surface area (Å²) in [4.78, 5) is 0.0229. The lowest BCUT2D eigenvalue weighted by atomic mass is 10.0. The molecule has 0 radical (unpaired) electrons. The highest BCUT2D eigenvalue weighted by molar-refractivity contribution is 7.89. The zero-order valence-electron chi connectivity index (χ0n) is 11.8. The molecule has 21 heavy (non-hydrogen) atoms. The van der Waals surface area contributed by atoms with Crippen molar-refractivity contribution < 1.29 is 13.5 Å². The Hall–Kier alpha value is -0.330. The SMILES string of the molecule is CCCC1CCN(S(=O)(=O)c2ccc(Cl)c(CO)c2Cl)C1. The number of halogens is 2. The summed E-state index contributed by atoms with van der Waals surface area (Å²) in [5.41, 5.74) is 0.253. The minimum atomic E-state index is -3.64. The second kappa shape index (κ2) is 6.84. The second-order valence-corrected chi connectivity index (χ2v) is 7.99. The van der Waals surface area contributed by atoms with Gasteiger partial charge in [0.15, 0.2) is 0 Å². The minimum Gasteiger partial charge on any atom is -0.392 e. The third-order valence-electron chi connectivity index (χ3n) is 3.87. The molecule has 0 aliphatic carbocycles. The average Bonchev–Trinajstić information content (AvgIpc) is 2.89. The molecule has 2 rings (SSSR count). The standard InChI is InChI=1S/C14H19Cl2NO3S/c1-2-3-10-6-7-17(8-10)21(19,20)13-5-4-12(15)11(9-18)14(13)16/h4-5,10,18H,2-3,6-9H2,1H3. The summed E-state index contributed by atoms with van der Waals surface area (Å²) >= 11 is 12.0. The minimum absolute atomic E-state index is 0.0175. The van der Waals surface area contributed by atoms with Crippen molar-refractivity contribution in [3.8, 4) is 0 Å². The largest absolute Gasteiger partial charge is 0.392 e. The molecule has 1 aliphatic heterocycles. The van der Waals surface area contributed by atoms with Crippen LogP contribution in [0.1, 0.15) is 31.7 Å². The smallest absolute Gasteiger partial charge is 0.244 e. The first-order valence-electron chi connectivity index (χ1n) is 6.99. The van der Waals surface area contributed by atoms with E-state index in [-0.39, 0.29) is 27.1 Å². The summed E-state index contributed by atoms with van der Waals surface area (Å²) in [6.45, 7) is 2.75. The van der Waals surface area contributed by atoms with E-state index >= 15 is 0 Å². The molecule has 1 aromatic rings. The number of aliphatic hydroxyl groups is 1. The lowest BCUT2D eigenvalue weighted by molar-refractivity contribution is 0.281. The van der Waals surface area contributed by atoms with Gasteiger partial charge in [-0.25, -0.2) is 8.42 Å². The van der Waals surface area contributed by atoms with Gasteiger partial charge in [-0.1, -0.05) is 36.5 Å². The van der Waals surface area contributed by atoms with Gasteiger partial charge in [-0.3, -0.25) is 0 Å². The van der Waals surface area contributed by atoms with Gasteiger partial charge in [-0.05, 0) is 30.9 Å². The fraction of sp³-hybridized carbons (Fsp3) is 0.571. The molecule has 1 unspecified atom stereocenters. The predicted molar refractivity (Wildman–Crippen MR) is 84.2 cm³/mol. The molecule has 0 spiro atoms. The van der Waals surface area contributed by atoms with E-state index in [1.807, 2.05) is 0 Å². The van der Waals surface area contributed by atoms with Gasteiger partial charge in [-0.2, -0.15) is 4.31 Å². The Morgan fingerprint density at radius 2 is 2.10 bits per heavy atom. The second-order valence-electron chi connectivity index (χ2n) is 5.30. The highest BCUT2D eigenvalue weighted by Crippen LogP contribution is 2.34. The van der Waals surface area contributed by atoms with E-state index in [4.69, 9.17) is 23.2 Å². The number of sulfonamides is 1. The van der Waals surface area contributed by atoms with E-state index in [2.05, 4.69) is 6.92 Å². The Labute approximate surface area is 135 Å². The Morgan fingerprint density at radius 3 is 2.71 bits per heavy atom. The number of hydrogen-bond donors (Lipinski definition) is 1. The van der Waals surface area contributed by atoms with Crippen LogP contribution in [0.25, 0.3) is 0 Å². The normalized spacial score (nSPS) is 20.1. The summed E-state index contributed by atoms with van der Waals surface area (Å²) in [6, 6.07) is 2.87. The predicted octanol–water partition coefficient (Wildman–Crippen LogP) is 3.30. The van der Waals surface area contributed by atoms with Crippen LogP contribution < -0.4 is 0 Å². The molecule has 7 heteroatoms. The summed E-state index contributed by atoms with van der Waals surface area (Å²) in [5.74, 6) is 0.410. The van der Waals surface area contributed by atoms with Crippen LogP contribution in [0.3, 0.4) is 0 Å². The van der Waals surface area contributed by atoms with Crippen molar-refractivity contribution >= 4 is 33.2 Å². The molecule has 1 saturated heterocycles. The van der Waals surface area contributed by atoms with E-state index < -0.39 is 10.0 Å². The van der Waals surface area contributed by atoms with E-state index in [0.717, 1.165) is 19.3 Å². The molecule has 0 amide bonds. The molecule has 1 heterocycles. The maximum absolute atomic E-state index is 12.7. The summed E-state index contributed by atoms with van der Waals surface area (Å²) in [6.07, 6.45) is 2.96. The maximum atomic E-state index is 12.7. The molecular weight excluding hydrogens is 333 g/mol. The van der Waals surface area contributed by atoms with Gasteiger partial charge >= 0.3 is 0 Å².